The minimum atomic E-state index is -0.260. The van der Waals surface area contributed by atoms with Gasteiger partial charge in [0.25, 0.3) is 0 Å². The van der Waals surface area contributed by atoms with Crippen LogP contribution in [0.1, 0.15) is 71.6 Å². The average Bonchev–Trinajstić information content (AvgIpc) is 2.09. The summed E-state index contributed by atoms with van der Waals surface area (Å²) in [4.78, 5) is 0. The van der Waals surface area contributed by atoms with Gasteiger partial charge in [0.05, 0.1) is 5.60 Å². The highest BCUT2D eigenvalue weighted by Gasteiger charge is 2.38. The molecule has 0 unspecified atom stereocenters. The highest BCUT2D eigenvalue weighted by atomic mass is 16.3. The van der Waals surface area contributed by atoms with E-state index in [1.165, 1.54) is 38.5 Å². The molecule has 0 atom stereocenters. The molecule has 1 rings (SSSR count). The molecule has 0 aromatic heterocycles. The number of hydrogen-bond donors (Lipinski definition) is 1. The topological polar surface area (TPSA) is 20.2 Å². The SMILES string of the molecule is CCCCCCCCC1(O)CC(C)C1. The molecule has 0 aromatic carbocycles. The summed E-state index contributed by atoms with van der Waals surface area (Å²) in [7, 11) is 0. The molecule has 0 spiro atoms. The van der Waals surface area contributed by atoms with Gasteiger partial charge in [0, 0.05) is 0 Å². The van der Waals surface area contributed by atoms with E-state index >= 15 is 0 Å². The van der Waals surface area contributed by atoms with Gasteiger partial charge < -0.3 is 5.11 Å². The predicted octanol–water partition coefficient (Wildman–Crippen LogP) is 3.90. The van der Waals surface area contributed by atoms with Gasteiger partial charge in [-0.1, -0.05) is 52.4 Å². The highest BCUT2D eigenvalue weighted by Crippen LogP contribution is 2.40. The van der Waals surface area contributed by atoms with Gasteiger partial charge in [0.15, 0.2) is 0 Å². The lowest BCUT2D eigenvalue weighted by Crippen LogP contribution is -2.42. The number of aliphatic hydroxyl groups is 1. The van der Waals surface area contributed by atoms with Gasteiger partial charge in [-0.25, -0.2) is 0 Å². The van der Waals surface area contributed by atoms with E-state index in [0.29, 0.717) is 0 Å². The lowest BCUT2D eigenvalue weighted by Gasteiger charge is -2.42. The normalized spacial score (nSPS) is 31.5. The van der Waals surface area contributed by atoms with Crippen molar-refractivity contribution >= 4 is 0 Å². The zero-order valence-electron chi connectivity index (χ0n) is 9.89. The van der Waals surface area contributed by atoms with Crippen molar-refractivity contribution in [2.45, 2.75) is 77.2 Å². The van der Waals surface area contributed by atoms with E-state index < -0.39 is 0 Å². The van der Waals surface area contributed by atoms with Crippen LogP contribution in [-0.2, 0) is 0 Å². The van der Waals surface area contributed by atoms with Gasteiger partial charge in [-0.05, 0) is 25.2 Å². The first kappa shape index (κ1) is 12.0. The Morgan fingerprint density at radius 1 is 1.07 bits per heavy atom. The molecule has 1 N–H and O–H groups in total. The maximum absolute atomic E-state index is 9.98. The Balaban J connectivity index is 1.89. The average molecular weight is 198 g/mol. The lowest BCUT2D eigenvalue weighted by atomic mass is 9.69. The van der Waals surface area contributed by atoms with Crippen LogP contribution in [0.3, 0.4) is 0 Å². The van der Waals surface area contributed by atoms with Crippen molar-refractivity contribution in [2.75, 3.05) is 0 Å². The highest BCUT2D eigenvalue weighted by molar-refractivity contribution is 4.91. The van der Waals surface area contributed by atoms with Crippen molar-refractivity contribution in [2.24, 2.45) is 5.92 Å². The van der Waals surface area contributed by atoms with Crippen LogP contribution in [0.25, 0.3) is 0 Å². The van der Waals surface area contributed by atoms with Crippen LogP contribution in [0.15, 0.2) is 0 Å². The lowest BCUT2D eigenvalue weighted by molar-refractivity contribution is -0.0750. The molecule has 1 fully saturated rings. The van der Waals surface area contributed by atoms with Crippen molar-refractivity contribution in [3.8, 4) is 0 Å². The summed E-state index contributed by atoms with van der Waals surface area (Å²) in [6.07, 6.45) is 11.1. The molecule has 1 nitrogen and oxygen atoms in total. The smallest absolute Gasteiger partial charge is 0.0653 e. The van der Waals surface area contributed by atoms with Crippen LogP contribution in [0.5, 0.6) is 0 Å². The molecule has 1 aliphatic rings. The molecule has 0 bridgehead atoms. The van der Waals surface area contributed by atoms with E-state index in [0.717, 1.165) is 25.2 Å². The van der Waals surface area contributed by atoms with E-state index in [4.69, 9.17) is 0 Å². The third-order valence-electron chi connectivity index (χ3n) is 3.45. The molecular weight excluding hydrogens is 172 g/mol. The minimum Gasteiger partial charge on any atom is -0.390 e. The predicted molar refractivity (Wildman–Crippen MR) is 61.3 cm³/mol. The molecule has 0 amide bonds. The summed E-state index contributed by atoms with van der Waals surface area (Å²) in [6, 6.07) is 0. The summed E-state index contributed by atoms with van der Waals surface area (Å²) in [6.45, 7) is 4.48. The molecule has 0 aromatic rings. The Hall–Kier alpha value is -0.0400. The Morgan fingerprint density at radius 3 is 2.21 bits per heavy atom. The fourth-order valence-corrected chi connectivity index (χ4v) is 2.68. The van der Waals surface area contributed by atoms with Crippen molar-refractivity contribution < 1.29 is 5.11 Å². The molecular formula is C13H26O. The Bertz CT molecular complexity index is 147. The summed E-state index contributed by atoms with van der Waals surface area (Å²) < 4.78 is 0. The summed E-state index contributed by atoms with van der Waals surface area (Å²) in [5.74, 6) is 0.764. The van der Waals surface area contributed by atoms with Gasteiger partial charge in [-0.3, -0.25) is 0 Å². The van der Waals surface area contributed by atoms with E-state index in [1.807, 2.05) is 0 Å². The first-order chi connectivity index (χ1) is 6.66. The first-order valence-corrected chi connectivity index (χ1v) is 6.39. The summed E-state index contributed by atoms with van der Waals surface area (Å²) in [5.41, 5.74) is -0.260. The zero-order valence-corrected chi connectivity index (χ0v) is 9.89. The number of rotatable bonds is 7. The van der Waals surface area contributed by atoms with Gasteiger partial charge in [-0.2, -0.15) is 0 Å². The third-order valence-corrected chi connectivity index (χ3v) is 3.45. The van der Waals surface area contributed by atoms with Crippen molar-refractivity contribution in [1.29, 1.82) is 0 Å². The largest absolute Gasteiger partial charge is 0.390 e. The van der Waals surface area contributed by atoms with Crippen LogP contribution in [-0.4, -0.2) is 10.7 Å². The molecule has 1 aliphatic carbocycles. The number of unbranched alkanes of at least 4 members (excludes halogenated alkanes) is 5. The van der Waals surface area contributed by atoms with Crippen LogP contribution in [0, 0.1) is 5.92 Å². The second-order valence-electron chi connectivity index (χ2n) is 5.26. The molecule has 0 aliphatic heterocycles. The van der Waals surface area contributed by atoms with Gasteiger partial charge in [0.1, 0.15) is 0 Å². The van der Waals surface area contributed by atoms with Crippen molar-refractivity contribution in [3.63, 3.8) is 0 Å². The van der Waals surface area contributed by atoms with E-state index in [2.05, 4.69) is 13.8 Å². The quantitative estimate of drug-likeness (QED) is 0.615. The number of hydrogen-bond acceptors (Lipinski definition) is 1. The van der Waals surface area contributed by atoms with Crippen LogP contribution in [0.2, 0.25) is 0 Å². The molecule has 0 heterocycles. The monoisotopic (exact) mass is 198 g/mol. The van der Waals surface area contributed by atoms with Gasteiger partial charge in [0.2, 0.25) is 0 Å². The first-order valence-electron chi connectivity index (χ1n) is 6.39. The standard InChI is InChI=1S/C13H26O/c1-3-4-5-6-7-8-9-13(14)10-12(2)11-13/h12,14H,3-11H2,1-2H3. The zero-order chi connectivity index (χ0) is 10.4. The maximum atomic E-state index is 9.98. The Labute approximate surface area is 88.9 Å². The molecule has 84 valence electrons. The second-order valence-corrected chi connectivity index (χ2v) is 5.26. The molecule has 0 saturated heterocycles. The van der Waals surface area contributed by atoms with Crippen molar-refractivity contribution in [1.82, 2.24) is 0 Å². The molecule has 1 saturated carbocycles. The summed E-state index contributed by atoms with van der Waals surface area (Å²) >= 11 is 0. The summed E-state index contributed by atoms with van der Waals surface area (Å²) in [5, 5.41) is 9.98. The van der Waals surface area contributed by atoms with Gasteiger partial charge >= 0.3 is 0 Å². The Morgan fingerprint density at radius 2 is 1.64 bits per heavy atom. The minimum absolute atomic E-state index is 0.260. The van der Waals surface area contributed by atoms with Crippen LogP contribution >= 0.6 is 0 Å². The molecule has 0 radical (unpaired) electrons. The van der Waals surface area contributed by atoms with Crippen molar-refractivity contribution in [3.05, 3.63) is 0 Å². The third kappa shape index (κ3) is 4.00. The second kappa shape index (κ2) is 5.75. The fraction of sp³-hybridized carbons (Fsp3) is 1.00. The van der Waals surface area contributed by atoms with E-state index in [1.54, 1.807) is 0 Å². The fourth-order valence-electron chi connectivity index (χ4n) is 2.68. The van der Waals surface area contributed by atoms with E-state index in [9.17, 15) is 5.11 Å². The maximum Gasteiger partial charge on any atom is 0.0653 e. The molecule has 14 heavy (non-hydrogen) atoms. The Kier molecular flexibility index (Phi) is 4.94. The van der Waals surface area contributed by atoms with Crippen LogP contribution in [0.4, 0.5) is 0 Å². The molecule has 1 heteroatoms. The van der Waals surface area contributed by atoms with Gasteiger partial charge in [-0.15, -0.1) is 0 Å². The van der Waals surface area contributed by atoms with E-state index in [-0.39, 0.29) is 5.60 Å². The van der Waals surface area contributed by atoms with Crippen LogP contribution < -0.4 is 0 Å².